The molecule has 0 radical (unpaired) electrons. The normalized spacial score (nSPS) is 30.1. The van der Waals surface area contributed by atoms with Crippen molar-refractivity contribution < 1.29 is 23.8 Å². The van der Waals surface area contributed by atoms with Crippen LogP contribution < -0.4 is 0 Å². The molecule has 1 saturated carbocycles. The van der Waals surface area contributed by atoms with Crippen LogP contribution >= 0.6 is 0 Å². The third kappa shape index (κ3) is 3.18. The zero-order chi connectivity index (χ0) is 12.5. The van der Waals surface area contributed by atoms with E-state index in [1.54, 1.807) is 20.8 Å². The summed E-state index contributed by atoms with van der Waals surface area (Å²) in [6, 6.07) is 0. The van der Waals surface area contributed by atoms with Crippen LogP contribution in [0.1, 0.15) is 33.6 Å². The third-order valence-electron chi connectivity index (χ3n) is 2.53. The predicted octanol–water partition coefficient (Wildman–Crippen LogP) is 1.78. The highest BCUT2D eigenvalue weighted by Crippen LogP contribution is 2.35. The molecule has 4 nitrogen and oxygen atoms in total. The summed E-state index contributed by atoms with van der Waals surface area (Å²) in [6.45, 7) is 5.09. The van der Waals surface area contributed by atoms with Gasteiger partial charge in [0.05, 0.1) is 11.8 Å². The number of carbonyl (C=O) groups is 2. The van der Waals surface area contributed by atoms with E-state index in [4.69, 9.17) is 9.84 Å². The molecular formula is C11H17FO4. The van der Waals surface area contributed by atoms with Gasteiger partial charge in [0.1, 0.15) is 11.8 Å². The largest absolute Gasteiger partial charge is 0.481 e. The highest BCUT2D eigenvalue weighted by atomic mass is 19.1. The van der Waals surface area contributed by atoms with Gasteiger partial charge in [0, 0.05) is 0 Å². The first-order valence-electron chi connectivity index (χ1n) is 5.30. The Kier molecular flexibility index (Phi) is 3.55. The topological polar surface area (TPSA) is 63.6 Å². The standard InChI is InChI=1S/C11H17FO4/c1-11(2,3)16-10(15)8-5-6(12)4-7(8)9(13)14/h6-8H,4-5H2,1-3H3,(H,13,14)/t6-,7+,8?/m0/s1. The van der Waals surface area contributed by atoms with E-state index in [1.165, 1.54) is 0 Å². The van der Waals surface area contributed by atoms with Crippen molar-refractivity contribution in [2.75, 3.05) is 0 Å². The van der Waals surface area contributed by atoms with Crippen LogP contribution in [0.5, 0.6) is 0 Å². The predicted molar refractivity (Wildman–Crippen MR) is 54.6 cm³/mol. The zero-order valence-electron chi connectivity index (χ0n) is 9.70. The van der Waals surface area contributed by atoms with E-state index in [0.717, 1.165) is 0 Å². The Hall–Kier alpha value is -1.13. The number of alkyl halides is 1. The summed E-state index contributed by atoms with van der Waals surface area (Å²) >= 11 is 0. The molecule has 1 aliphatic rings. The van der Waals surface area contributed by atoms with Crippen LogP contribution in [0.2, 0.25) is 0 Å². The lowest BCUT2D eigenvalue weighted by Gasteiger charge is -2.23. The number of carboxylic acids is 1. The Labute approximate surface area is 93.8 Å². The quantitative estimate of drug-likeness (QED) is 0.737. The van der Waals surface area contributed by atoms with Crippen molar-refractivity contribution in [3.05, 3.63) is 0 Å². The second kappa shape index (κ2) is 4.39. The summed E-state index contributed by atoms with van der Waals surface area (Å²) in [6.07, 6.45) is -1.37. The minimum Gasteiger partial charge on any atom is -0.481 e. The molecule has 0 aromatic rings. The number of carboxylic acid groups (broad SMARTS) is 1. The van der Waals surface area contributed by atoms with Crippen LogP contribution in [0.15, 0.2) is 0 Å². The number of esters is 1. The van der Waals surface area contributed by atoms with E-state index in [1.807, 2.05) is 0 Å². The number of hydrogen-bond donors (Lipinski definition) is 1. The molecule has 5 heteroatoms. The summed E-state index contributed by atoms with van der Waals surface area (Å²) in [5.41, 5.74) is -0.672. The van der Waals surface area contributed by atoms with Gasteiger partial charge in [-0.3, -0.25) is 9.59 Å². The van der Waals surface area contributed by atoms with E-state index < -0.39 is 35.5 Å². The first-order chi connectivity index (χ1) is 7.20. The van der Waals surface area contributed by atoms with Crippen LogP contribution in [0.3, 0.4) is 0 Å². The maximum atomic E-state index is 13.1. The zero-order valence-corrected chi connectivity index (χ0v) is 9.70. The van der Waals surface area contributed by atoms with Gasteiger partial charge in [0.2, 0.25) is 0 Å². The molecule has 1 unspecified atom stereocenters. The van der Waals surface area contributed by atoms with Crippen LogP contribution in [0.4, 0.5) is 4.39 Å². The summed E-state index contributed by atoms with van der Waals surface area (Å²) < 4.78 is 18.2. The van der Waals surface area contributed by atoms with Gasteiger partial charge in [-0.2, -0.15) is 0 Å². The number of ether oxygens (including phenoxy) is 1. The molecule has 1 rings (SSSR count). The molecule has 0 aromatic carbocycles. The second-order valence-corrected chi connectivity index (χ2v) is 5.15. The summed E-state index contributed by atoms with van der Waals surface area (Å²) in [5, 5.41) is 8.87. The summed E-state index contributed by atoms with van der Waals surface area (Å²) in [4.78, 5) is 22.5. The molecule has 3 atom stereocenters. The molecule has 0 bridgehead atoms. The molecule has 0 saturated heterocycles. The van der Waals surface area contributed by atoms with Crippen LogP contribution in [0, 0.1) is 11.8 Å². The minimum atomic E-state index is -1.22. The molecule has 0 spiro atoms. The molecule has 16 heavy (non-hydrogen) atoms. The third-order valence-corrected chi connectivity index (χ3v) is 2.53. The van der Waals surface area contributed by atoms with Crippen molar-refractivity contribution in [3.8, 4) is 0 Å². The van der Waals surface area contributed by atoms with E-state index in [9.17, 15) is 14.0 Å². The van der Waals surface area contributed by atoms with Crippen molar-refractivity contribution >= 4 is 11.9 Å². The van der Waals surface area contributed by atoms with E-state index in [0.29, 0.717) is 0 Å². The fourth-order valence-corrected chi connectivity index (χ4v) is 1.89. The molecule has 0 amide bonds. The Morgan fingerprint density at radius 3 is 2.19 bits per heavy atom. The average molecular weight is 232 g/mol. The molecule has 1 N–H and O–H groups in total. The molecule has 92 valence electrons. The van der Waals surface area contributed by atoms with Crippen molar-refractivity contribution in [3.63, 3.8) is 0 Å². The van der Waals surface area contributed by atoms with Gasteiger partial charge in [-0.1, -0.05) is 0 Å². The Morgan fingerprint density at radius 2 is 1.75 bits per heavy atom. The van der Waals surface area contributed by atoms with Gasteiger partial charge >= 0.3 is 11.9 Å². The van der Waals surface area contributed by atoms with Crippen molar-refractivity contribution in [2.45, 2.75) is 45.4 Å². The van der Waals surface area contributed by atoms with Crippen LogP contribution in [-0.2, 0) is 14.3 Å². The first-order valence-corrected chi connectivity index (χ1v) is 5.30. The summed E-state index contributed by atoms with van der Waals surface area (Å²) in [5.74, 6) is -3.55. The molecular weight excluding hydrogens is 215 g/mol. The van der Waals surface area contributed by atoms with E-state index in [2.05, 4.69) is 0 Å². The average Bonchev–Trinajstić information content (AvgIpc) is 2.44. The van der Waals surface area contributed by atoms with E-state index >= 15 is 0 Å². The smallest absolute Gasteiger partial charge is 0.310 e. The summed E-state index contributed by atoms with van der Waals surface area (Å²) in [7, 11) is 0. The first kappa shape index (κ1) is 12.9. The number of carbonyl (C=O) groups excluding carboxylic acids is 1. The maximum Gasteiger partial charge on any atom is 0.310 e. The van der Waals surface area contributed by atoms with Gasteiger partial charge in [-0.15, -0.1) is 0 Å². The van der Waals surface area contributed by atoms with Crippen LogP contribution in [-0.4, -0.2) is 28.8 Å². The minimum absolute atomic E-state index is 0.0497. The lowest BCUT2D eigenvalue weighted by Crippen LogP contribution is -2.32. The SMILES string of the molecule is CC(C)(C)OC(=O)C1C[C@@H](F)C[C@H]1C(=O)O. The van der Waals surface area contributed by atoms with Gasteiger partial charge in [0.15, 0.2) is 0 Å². The Balaban J connectivity index is 2.71. The fraction of sp³-hybridized carbons (Fsp3) is 0.818. The van der Waals surface area contributed by atoms with Crippen molar-refractivity contribution in [1.82, 2.24) is 0 Å². The van der Waals surface area contributed by atoms with Crippen molar-refractivity contribution in [2.24, 2.45) is 11.8 Å². The monoisotopic (exact) mass is 232 g/mol. The highest BCUT2D eigenvalue weighted by molar-refractivity contribution is 5.82. The highest BCUT2D eigenvalue weighted by Gasteiger charge is 2.44. The van der Waals surface area contributed by atoms with Gasteiger partial charge in [0.25, 0.3) is 0 Å². The molecule has 1 fully saturated rings. The molecule has 0 heterocycles. The Morgan fingerprint density at radius 1 is 1.25 bits per heavy atom. The molecule has 0 aliphatic heterocycles. The van der Waals surface area contributed by atoms with Crippen molar-refractivity contribution in [1.29, 1.82) is 0 Å². The number of aliphatic carboxylic acids is 1. The van der Waals surface area contributed by atoms with Crippen LogP contribution in [0.25, 0.3) is 0 Å². The lowest BCUT2D eigenvalue weighted by atomic mass is 9.96. The number of halogens is 1. The van der Waals surface area contributed by atoms with E-state index in [-0.39, 0.29) is 12.8 Å². The molecule has 1 aliphatic carbocycles. The fourth-order valence-electron chi connectivity index (χ4n) is 1.89. The Bertz CT molecular complexity index is 295. The number of hydrogen-bond acceptors (Lipinski definition) is 3. The second-order valence-electron chi connectivity index (χ2n) is 5.15. The van der Waals surface area contributed by atoms with Gasteiger partial charge in [-0.05, 0) is 33.6 Å². The maximum absolute atomic E-state index is 13.1. The van der Waals surface area contributed by atoms with Gasteiger partial charge < -0.3 is 9.84 Å². The lowest BCUT2D eigenvalue weighted by molar-refractivity contribution is -0.165. The molecule has 0 aromatic heterocycles. The van der Waals surface area contributed by atoms with Gasteiger partial charge in [-0.25, -0.2) is 4.39 Å². The number of rotatable bonds is 2.